The van der Waals surface area contributed by atoms with Crippen LogP contribution in [0.1, 0.15) is 61.6 Å². The summed E-state index contributed by atoms with van der Waals surface area (Å²) < 4.78 is 0. The van der Waals surface area contributed by atoms with Gasteiger partial charge in [-0.1, -0.05) is 51.0 Å². The molecule has 2 aromatic carbocycles. The molecule has 2 atom stereocenters. The Morgan fingerprint density at radius 3 is 2.57 bits per heavy atom. The Kier molecular flexibility index (Phi) is 7.59. The van der Waals surface area contributed by atoms with Crippen molar-refractivity contribution in [3.05, 3.63) is 59.2 Å². The summed E-state index contributed by atoms with van der Waals surface area (Å²) >= 11 is 1.65. The molecular formula is C25H32N2O2S. The van der Waals surface area contributed by atoms with E-state index in [1.807, 2.05) is 41.3 Å². The zero-order valence-corrected chi connectivity index (χ0v) is 19.2. The van der Waals surface area contributed by atoms with Crippen molar-refractivity contribution in [2.45, 2.75) is 58.8 Å². The third kappa shape index (κ3) is 4.89. The molecule has 4 nitrogen and oxygen atoms in total. The summed E-state index contributed by atoms with van der Waals surface area (Å²) in [4.78, 5) is 27.2. The lowest BCUT2D eigenvalue weighted by atomic mass is 9.98. The van der Waals surface area contributed by atoms with Gasteiger partial charge in [0.2, 0.25) is 11.8 Å². The van der Waals surface area contributed by atoms with Crippen LogP contribution in [0, 0.1) is 19.8 Å². The van der Waals surface area contributed by atoms with E-state index >= 15 is 0 Å². The molecule has 1 saturated heterocycles. The second-order valence-electron chi connectivity index (χ2n) is 8.00. The minimum atomic E-state index is -0.0457. The Labute approximate surface area is 184 Å². The Bertz CT molecular complexity index is 895. The number of aryl methyl sites for hydroxylation is 1. The van der Waals surface area contributed by atoms with E-state index in [1.165, 1.54) is 5.56 Å². The first-order valence-corrected chi connectivity index (χ1v) is 11.9. The van der Waals surface area contributed by atoms with Crippen LogP contribution in [0.4, 0.5) is 11.4 Å². The van der Waals surface area contributed by atoms with Crippen LogP contribution in [-0.2, 0) is 9.59 Å². The number of carbonyl (C=O) groups excluding carboxylic acids is 2. The summed E-state index contributed by atoms with van der Waals surface area (Å²) in [6.45, 7) is 8.36. The second-order valence-corrected chi connectivity index (χ2v) is 9.07. The van der Waals surface area contributed by atoms with Crippen molar-refractivity contribution in [3.8, 4) is 0 Å². The van der Waals surface area contributed by atoms with Gasteiger partial charge in [0, 0.05) is 17.3 Å². The van der Waals surface area contributed by atoms with Crippen LogP contribution in [0.15, 0.2) is 42.5 Å². The SMILES string of the molecule is CCCC[C@H](CC)C(=O)Nc1ccc([C@H]2SCC(=O)N2c2cccc(C)c2C)cc1. The van der Waals surface area contributed by atoms with E-state index in [0.717, 1.165) is 48.2 Å². The molecule has 1 fully saturated rings. The number of rotatable bonds is 8. The van der Waals surface area contributed by atoms with Gasteiger partial charge in [0.25, 0.3) is 0 Å². The number of carbonyl (C=O) groups is 2. The molecule has 1 N–H and O–H groups in total. The first-order valence-electron chi connectivity index (χ1n) is 10.9. The quantitative estimate of drug-likeness (QED) is 0.546. The van der Waals surface area contributed by atoms with Crippen LogP contribution < -0.4 is 10.2 Å². The van der Waals surface area contributed by atoms with E-state index in [0.29, 0.717) is 5.75 Å². The topological polar surface area (TPSA) is 49.4 Å². The summed E-state index contributed by atoms with van der Waals surface area (Å²) in [5.74, 6) is 0.776. The number of nitrogens with one attached hydrogen (secondary N) is 1. The number of hydrogen-bond acceptors (Lipinski definition) is 3. The number of nitrogens with zero attached hydrogens (tertiary/aromatic N) is 1. The van der Waals surface area contributed by atoms with Crippen LogP contribution in [0.5, 0.6) is 0 Å². The maximum atomic E-state index is 12.7. The van der Waals surface area contributed by atoms with E-state index in [9.17, 15) is 9.59 Å². The van der Waals surface area contributed by atoms with Crippen LogP contribution in [0.2, 0.25) is 0 Å². The Hall–Kier alpha value is -2.27. The van der Waals surface area contributed by atoms with Crippen molar-refractivity contribution in [1.29, 1.82) is 0 Å². The molecule has 0 unspecified atom stereocenters. The Balaban J connectivity index is 1.76. The summed E-state index contributed by atoms with van der Waals surface area (Å²) in [5, 5.41) is 3.02. The fourth-order valence-electron chi connectivity index (χ4n) is 3.87. The molecule has 2 aromatic rings. The molecule has 0 radical (unpaired) electrons. The Morgan fingerprint density at radius 1 is 1.17 bits per heavy atom. The van der Waals surface area contributed by atoms with Crippen LogP contribution >= 0.6 is 11.8 Å². The van der Waals surface area contributed by atoms with Gasteiger partial charge in [-0.3, -0.25) is 14.5 Å². The highest BCUT2D eigenvalue weighted by molar-refractivity contribution is 8.00. The van der Waals surface area contributed by atoms with Gasteiger partial charge in [-0.25, -0.2) is 0 Å². The van der Waals surface area contributed by atoms with Gasteiger partial charge in [-0.2, -0.15) is 0 Å². The van der Waals surface area contributed by atoms with E-state index in [4.69, 9.17) is 0 Å². The average molecular weight is 425 g/mol. The van der Waals surface area contributed by atoms with E-state index in [-0.39, 0.29) is 23.1 Å². The molecule has 1 aliphatic heterocycles. The van der Waals surface area contributed by atoms with E-state index in [2.05, 4.69) is 39.1 Å². The Morgan fingerprint density at radius 2 is 1.90 bits per heavy atom. The van der Waals surface area contributed by atoms with Crippen molar-refractivity contribution in [2.24, 2.45) is 5.92 Å². The lowest BCUT2D eigenvalue weighted by Crippen LogP contribution is -2.28. The second kappa shape index (κ2) is 10.2. The predicted molar refractivity (Wildman–Crippen MR) is 127 cm³/mol. The van der Waals surface area contributed by atoms with Crippen molar-refractivity contribution in [3.63, 3.8) is 0 Å². The van der Waals surface area contributed by atoms with Gasteiger partial charge < -0.3 is 5.32 Å². The standard InChI is InChI=1S/C25H32N2O2S/c1-5-7-10-19(6-2)24(29)26-21-14-12-20(13-15-21)25-27(23(28)16-30-25)22-11-8-9-17(3)18(22)4/h8-9,11-15,19,25H,5-7,10,16H2,1-4H3,(H,26,29)/t19-,25+/m0/s1. The zero-order chi connectivity index (χ0) is 21.7. The number of amides is 2. The van der Waals surface area contributed by atoms with Gasteiger partial charge in [0.1, 0.15) is 5.37 Å². The minimum absolute atomic E-state index is 0.0457. The first kappa shape index (κ1) is 22.4. The molecule has 1 heterocycles. The van der Waals surface area contributed by atoms with Gasteiger partial charge in [0.15, 0.2) is 0 Å². The summed E-state index contributed by atoms with van der Waals surface area (Å²) in [5.41, 5.74) is 5.19. The molecular weight excluding hydrogens is 392 g/mol. The predicted octanol–water partition coefficient (Wildman–Crippen LogP) is 6.24. The lowest BCUT2D eigenvalue weighted by molar-refractivity contribution is -0.120. The molecule has 0 saturated carbocycles. The summed E-state index contributed by atoms with van der Waals surface area (Å²) in [6, 6.07) is 14.0. The highest BCUT2D eigenvalue weighted by Gasteiger charge is 2.34. The van der Waals surface area contributed by atoms with Crippen molar-refractivity contribution >= 4 is 35.0 Å². The van der Waals surface area contributed by atoms with Gasteiger partial charge in [0.05, 0.1) is 5.75 Å². The molecule has 30 heavy (non-hydrogen) atoms. The van der Waals surface area contributed by atoms with E-state index < -0.39 is 0 Å². The molecule has 0 aliphatic carbocycles. The summed E-state index contributed by atoms with van der Waals surface area (Å²) in [6.07, 6.45) is 3.97. The molecule has 0 spiro atoms. The monoisotopic (exact) mass is 424 g/mol. The normalized spacial score (nSPS) is 17.3. The largest absolute Gasteiger partial charge is 0.326 e. The maximum Gasteiger partial charge on any atom is 0.238 e. The number of thioether (sulfide) groups is 1. The number of benzene rings is 2. The molecule has 160 valence electrons. The van der Waals surface area contributed by atoms with E-state index in [1.54, 1.807) is 11.8 Å². The first-order chi connectivity index (χ1) is 14.5. The summed E-state index contributed by atoms with van der Waals surface area (Å²) in [7, 11) is 0. The highest BCUT2D eigenvalue weighted by atomic mass is 32.2. The highest BCUT2D eigenvalue weighted by Crippen LogP contribution is 2.43. The fraction of sp³-hybridized carbons (Fsp3) is 0.440. The smallest absolute Gasteiger partial charge is 0.238 e. The maximum absolute atomic E-state index is 12.7. The van der Waals surface area contributed by atoms with Crippen molar-refractivity contribution in [2.75, 3.05) is 16.0 Å². The zero-order valence-electron chi connectivity index (χ0n) is 18.4. The molecule has 2 amide bonds. The lowest BCUT2D eigenvalue weighted by Gasteiger charge is -2.26. The van der Waals surface area contributed by atoms with Gasteiger partial charge >= 0.3 is 0 Å². The van der Waals surface area contributed by atoms with Crippen molar-refractivity contribution in [1.82, 2.24) is 0 Å². The minimum Gasteiger partial charge on any atom is -0.326 e. The number of unbranched alkanes of at least 4 members (excludes halogenated alkanes) is 1. The average Bonchev–Trinajstić information content (AvgIpc) is 3.12. The fourth-order valence-corrected chi connectivity index (χ4v) is 5.04. The molecule has 5 heteroatoms. The third-order valence-corrected chi connectivity index (χ3v) is 7.15. The number of hydrogen-bond donors (Lipinski definition) is 1. The molecule has 0 aromatic heterocycles. The van der Waals surface area contributed by atoms with Gasteiger partial charge in [-0.05, 0) is 61.6 Å². The molecule has 3 rings (SSSR count). The van der Waals surface area contributed by atoms with Gasteiger partial charge in [-0.15, -0.1) is 11.8 Å². The van der Waals surface area contributed by atoms with Crippen LogP contribution in [0.3, 0.4) is 0 Å². The molecule has 0 bridgehead atoms. The molecule has 1 aliphatic rings. The van der Waals surface area contributed by atoms with Crippen LogP contribution in [0.25, 0.3) is 0 Å². The number of anilines is 2. The van der Waals surface area contributed by atoms with Crippen LogP contribution in [-0.4, -0.2) is 17.6 Å². The van der Waals surface area contributed by atoms with Crippen molar-refractivity contribution < 1.29 is 9.59 Å². The third-order valence-electron chi connectivity index (χ3n) is 5.94.